The van der Waals surface area contributed by atoms with Gasteiger partial charge in [-0.15, -0.1) is 0 Å². The van der Waals surface area contributed by atoms with Crippen LogP contribution in [0.25, 0.3) is 0 Å². The summed E-state index contributed by atoms with van der Waals surface area (Å²) in [5, 5.41) is 5.92. The Morgan fingerprint density at radius 3 is 2.22 bits per heavy atom. The van der Waals surface area contributed by atoms with Gasteiger partial charge in [-0.1, -0.05) is 36.6 Å². The van der Waals surface area contributed by atoms with E-state index in [1.807, 2.05) is 0 Å². The molecular formula is C26H23ClF5N3O. The Bertz CT molecular complexity index is 1210. The van der Waals surface area contributed by atoms with E-state index >= 15 is 0 Å². The van der Waals surface area contributed by atoms with Crippen LogP contribution in [0.5, 0.6) is 0 Å². The van der Waals surface area contributed by atoms with Crippen molar-refractivity contribution >= 4 is 17.6 Å². The number of carbonyl (C=O) groups is 1. The zero-order chi connectivity index (χ0) is 25.9. The Balaban J connectivity index is 1.89. The maximum atomic E-state index is 14.6. The smallest absolute Gasteiger partial charge is 0.335 e. The van der Waals surface area contributed by atoms with Gasteiger partial charge in [-0.2, -0.15) is 13.2 Å². The molecule has 0 spiro atoms. The third kappa shape index (κ3) is 5.95. The highest BCUT2D eigenvalue weighted by atomic mass is 35.5. The van der Waals surface area contributed by atoms with E-state index in [4.69, 9.17) is 11.6 Å². The molecule has 4 rings (SSSR count). The fourth-order valence-corrected chi connectivity index (χ4v) is 4.65. The van der Waals surface area contributed by atoms with Crippen LogP contribution in [0.2, 0.25) is 5.02 Å². The zero-order valence-corrected chi connectivity index (χ0v) is 19.8. The van der Waals surface area contributed by atoms with E-state index in [2.05, 4.69) is 15.6 Å². The molecule has 2 amide bonds. The van der Waals surface area contributed by atoms with Crippen molar-refractivity contribution < 1.29 is 26.7 Å². The average molecular weight is 524 g/mol. The molecule has 2 aromatic carbocycles. The van der Waals surface area contributed by atoms with Gasteiger partial charge in [0.05, 0.1) is 16.3 Å². The first-order chi connectivity index (χ1) is 17.0. The summed E-state index contributed by atoms with van der Waals surface area (Å²) < 4.78 is 69.2. The van der Waals surface area contributed by atoms with E-state index in [0.717, 1.165) is 37.8 Å². The minimum absolute atomic E-state index is 0.0926. The number of benzene rings is 2. The van der Waals surface area contributed by atoms with Gasteiger partial charge in [-0.25, -0.2) is 13.6 Å². The van der Waals surface area contributed by atoms with Crippen molar-refractivity contribution in [2.45, 2.75) is 49.9 Å². The van der Waals surface area contributed by atoms with Crippen molar-refractivity contribution in [1.82, 2.24) is 15.6 Å². The molecule has 190 valence electrons. The van der Waals surface area contributed by atoms with E-state index in [0.29, 0.717) is 11.6 Å². The summed E-state index contributed by atoms with van der Waals surface area (Å²) in [7, 11) is 0. The molecule has 10 heteroatoms. The third-order valence-electron chi connectivity index (χ3n) is 6.28. The van der Waals surface area contributed by atoms with Crippen LogP contribution in [0, 0.1) is 11.6 Å². The van der Waals surface area contributed by atoms with Gasteiger partial charge in [-0.05, 0) is 66.4 Å². The Morgan fingerprint density at radius 2 is 1.61 bits per heavy atom. The van der Waals surface area contributed by atoms with Gasteiger partial charge in [0.15, 0.2) is 0 Å². The SMILES string of the molecule is O=C(NC1CCCC1)N[C@](Cc1ccc(F)cc1)(c1cc(F)cc(C(F)(F)F)c1)c1ccc(Cl)cn1. The summed E-state index contributed by atoms with van der Waals surface area (Å²) in [6.07, 6.45) is -0.242. The molecule has 1 atom stereocenters. The summed E-state index contributed by atoms with van der Waals surface area (Å²) in [5.41, 5.74) is -2.51. The molecule has 3 aromatic rings. The summed E-state index contributed by atoms with van der Waals surface area (Å²) in [5.74, 6) is -1.64. The van der Waals surface area contributed by atoms with Crippen LogP contribution in [0.4, 0.5) is 26.7 Å². The van der Waals surface area contributed by atoms with Gasteiger partial charge in [0.1, 0.15) is 17.2 Å². The number of carbonyl (C=O) groups excluding carboxylic acids is 1. The van der Waals surface area contributed by atoms with E-state index in [-0.39, 0.29) is 28.7 Å². The minimum Gasteiger partial charge on any atom is -0.335 e. The number of nitrogens with one attached hydrogen (secondary N) is 2. The van der Waals surface area contributed by atoms with Crippen molar-refractivity contribution in [2.75, 3.05) is 0 Å². The maximum Gasteiger partial charge on any atom is 0.416 e. The lowest BCUT2D eigenvalue weighted by molar-refractivity contribution is -0.137. The average Bonchev–Trinajstić information content (AvgIpc) is 3.32. The Morgan fingerprint density at radius 1 is 0.944 bits per heavy atom. The van der Waals surface area contributed by atoms with Gasteiger partial charge in [0.25, 0.3) is 0 Å². The maximum absolute atomic E-state index is 14.6. The van der Waals surface area contributed by atoms with E-state index in [1.165, 1.54) is 42.6 Å². The van der Waals surface area contributed by atoms with Gasteiger partial charge in [0, 0.05) is 18.7 Å². The summed E-state index contributed by atoms with van der Waals surface area (Å²) in [6, 6.07) is 9.60. The largest absolute Gasteiger partial charge is 0.416 e. The molecule has 1 aromatic heterocycles. The van der Waals surface area contributed by atoms with Crippen molar-refractivity contribution in [1.29, 1.82) is 0 Å². The van der Waals surface area contributed by atoms with Crippen LogP contribution in [0.3, 0.4) is 0 Å². The quantitative estimate of drug-likeness (QED) is 0.351. The number of rotatable bonds is 6. The molecule has 0 bridgehead atoms. The fraction of sp³-hybridized carbons (Fsp3) is 0.308. The number of hydrogen-bond acceptors (Lipinski definition) is 2. The molecule has 1 aliphatic rings. The standard InChI is InChI=1S/C26H23ClF5N3O/c27-19-7-10-23(33-15-19)25(14-16-5-8-20(28)9-6-16,35-24(36)34-22-3-1-2-4-22)17-11-18(26(30,31)32)13-21(29)12-17/h5-13,15,22H,1-4,14H2,(H2,34,35,36)/t25-/m1/s1. The van der Waals surface area contributed by atoms with Crippen LogP contribution >= 0.6 is 11.6 Å². The Labute approximate surface area is 209 Å². The highest BCUT2D eigenvalue weighted by Crippen LogP contribution is 2.38. The van der Waals surface area contributed by atoms with Crippen molar-refractivity contribution in [3.63, 3.8) is 0 Å². The predicted molar refractivity (Wildman–Crippen MR) is 125 cm³/mol. The highest BCUT2D eigenvalue weighted by Gasteiger charge is 2.41. The first-order valence-electron chi connectivity index (χ1n) is 11.4. The number of urea groups is 1. The second-order valence-corrected chi connectivity index (χ2v) is 9.31. The van der Waals surface area contributed by atoms with Crippen LogP contribution in [0.15, 0.2) is 60.8 Å². The molecule has 36 heavy (non-hydrogen) atoms. The summed E-state index contributed by atoms with van der Waals surface area (Å²) >= 11 is 6.00. The molecule has 0 radical (unpaired) electrons. The van der Waals surface area contributed by atoms with Gasteiger partial charge < -0.3 is 10.6 Å². The Kier molecular flexibility index (Phi) is 7.49. The lowest BCUT2D eigenvalue weighted by Gasteiger charge is -2.36. The molecule has 1 fully saturated rings. The lowest BCUT2D eigenvalue weighted by Crippen LogP contribution is -2.54. The second kappa shape index (κ2) is 10.4. The van der Waals surface area contributed by atoms with Gasteiger partial charge in [0.2, 0.25) is 0 Å². The number of aromatic nitrogens is 1. The normalized spacial score (nSPS) is 15.9. The Hall–Kier alpha value is -3.20. The second-order valence-electron chi connectivity index (χ2n) is 8.88. The molecule has 1 aliphatic carbocycles. The highest BCUT2D eigenvalue weighted by molar-refractivity contribution is 6.30. The van der Waals surface area contributed by atoms with E-state index < -0.39 is 34.9 Å². The monoisotopic (exact) mass is 523 g/mol. The van der Waals surface area contributed by atoms with Crippen molar-refractivity contribution in [2.24, 2.45) is 0 Å². The lowest BCUT2D eigenvalue weighted by atomic mass is 9.79. The number of halogens is 6. The van der Waals surface area contributed by atoms with Crippen LogP contribution in [0.1, 0.15) is 48.1 Å². The number of amides is 2. The molecular weight excluding hydrogens is 501 g/mol. The first-order valence-corrected chi connectivity index (χ1v) is 11.8. The molecule has 0 aliphatic heterocycles. The molecule has 1 heterocycles. The topological polar surface area (TPSA) is 54.0 Å². The predicted octanol–water partition coefficient (Wildman–Crippen LogP) is 6.76. The molecule has 0 saturated heterocycles. The van der Waals surface area contributed by atoms with Gasteiger partial charge in [-0.3, -0.25) is 4.98 Å². The zero-order valence-electron chi connectivity index (χ0n) is 19.0. The summed E-state index contributed by atoms with van der Waals surface area (Å²) in [6.45, 7) is 0. The molecule has 2 N–H and O–H groups in total. The van der Waals surface area contributed by atoms with Crippen molar-refractivity contribution in [3.8, 4) is 0 Å². The van der Waals surface area contributed by atoms with Crippen LogP contribution in [-0.2, 0) is 18.1 Å². The van der Waals surface area contributed by atoms with Crippen LogP contribution in [-0.4, -0.2) is 17.1 Å². The van der Waals surface area contributed by atoms with Gasteiger partial charge >= 0.3 is 12.2 Å². The number of alkyl halides is 3. The fourth-order valence-electron chi connectivity index (χ4n) is 4.54. The van der Waals surface area contributed by atoms with Crippen molar-refractivity contribution in [3.05, 3.63) is 99.8 Å². The molecule has 4 nitrogen and oxygen atoms in total. The number of pyridine rings is 1. The minimum atomic E-state index is -4.84. The summed E-state index contributed by atoms with van der Waals surface area (Å²) in [4.78, 5) is 17.5. The molecule has 1 saturated carbocycles. The molecule has 0 unspecified atom stereocenters. The first kappa shape index (κ1) is 25.9. The number of hydrogen-bond donors (Lipinski definition) is 2. The van der Waals surface area contributed by atoms with Crippen LogP contribution < -0.4 is 10.6 Å². The van der Waals surface area contributed by atoms with E-state index in [1.54, 1.807) is 0 Å². The van der Waals surface area contributed by atoms with E-state index in [9.17, 15) is 26.7 Å². The number of nitrogens with zero attached hydrogens (tertiary/aromatic N) is 1. The third-order valence-corrected chi connectivity index (χ3v) is 6.51.